The largest absolute Gasteiger partial charge is 0.314 e. The smallest absolute Gasteiger partial charge is 0.0144 e. The van der Waals surface area contributed by atoms with Gasteiger partial charge in [-0.2, -0.15) is 0 Å². The van der Waals surface area contributed by atoms with Crippen molar-refractivity contribution in [1.82, 2.24) is 10.6 Å². The summed E-state index contributed by atoms with van der Waals surface area (Å²) in [6.07, 6.45) is 10.2. The molecule has 2 heteroatoms. The molecule has 0 aromatic carbocycles. The molecule has 3 aliphatic rings. The van der Waals surface area contributed by atoms with Crippen molar-refractivity contribution in [3.8, 4) is 0 Å². The van der Waals surface area contributed by atoms with Crippen molar-refractivity contribution in [3.05, 3.63) is 12.2 Å². The molecule has 0 radical (unpaired) electrons. The molecule has 2 nitrogen and oxygen atoms in total. The minimum atomic E-state index is 0.258. The van der Waals surface area contributed by atoms with Gasteiger partial charge in [-0.05, 0) is 77.7 Å². The number of allylic oxidation sites excluding steroid dienone is 2. The van der Waals surface area contributed by atoms with Gasteiger partial charge in [0.05, 0.1) is 0 Å². The van der Waals surface area contributed by atoms with Gasteiger partial charge < -0.3 is 10.6 Å². The zero-order chi connectivity index (χ0) is 13.7. The first kappa shape index (κ1) is 13.6. The predicted octanol–water partition coefficient (Wildman–Crippen LogP) is 3.10. The second-order valence-corrected chi connectivity index (χ2v) is 8.45. The van der Waals surface area contributed by atoms with Crippen LogP contribution in [0.5, 0.6) is 0 Å². The van der Waals surface area contributed by atoms with Crippen LogP contribution in [0.1, 0.15) is 53.4 Å². The summed E-state index contributed by atoms with van der Waals surface area (Å²) in [5.74, 6) is 2.68. The van der Waals surface area contributed by atoms with Gasteiger partial charge in [-0.1, -0.05) is 12.2 Å². The molecule has 1 aliphatic heterocycles. The van der Waals surface area contributed by atoms with Crippen LogP contribution in [0.3, 0.4) is 0 Å². The number of rotatable bonds is 3. The number of piperidine rings is 1. The maximum atomic E-state index is 3.89. The lowest BCUT2D eigenvalue weighted by Crippen LogP contribution is -2.61. The standard InChI is InChI=1S/C17H30N2/c1-16(2)9-15(10-17(3,4)19-16)18-11-14-8-12-5-6-13(14)7-12/h5-6,12-15,18-19H,7-11H2,1-4H3. The van der Waals surface area contributed by atoms with Gasteiger partial charge in [0, 0.05) is 17.1 Å². The SMILES string of the molecule is CC1(C)CC(NCC2CC3C=CC2C3)CC(C)(C)N1. The molecule has 1 saturated heterocycles. The Bertz CT molecular complexity index is 353. The first-order chi connectivity index (χ1) is 8.83. The third-order valence-electron chi connectivity index (χ3n) is 5.28. The highest BCUT2D eigenvalue weighted by Crippen LogP contribution is 2.43. The fourth-order valence-corrected chi connectivity index (χ4v) is 4.91. The molecule has 0 aromatic rings. The summed E-state index contributed by atoms with van der Waals surface area (Å²) in [5, 5.41) is 7.65. The lowest BCUT2D eigenvalue weighted by Gasteiger charge is -2.47. The van der Waals surface area contributed by atoms with Crippen LogP contribution < -0.4 is 10.6 Å². The minimum absolute atomic E-state index is 0.258. The zero-order valence-electron chi connectivity index (χ0n) is 13.0. The summed E-state index contributed by atoms with van der Waals surface area (Å²) < 4.78 is 0. The fourth-order valence-electron chi connectivity index (χ4n) is 4.91. The summed E-state index contributed by atoms with van der Waals surface area (Å²) in [7, 11) is 0. The maximum Gasteiger partial charge on any atom is 0.0144 e. The molecular weight excluding hydrogens is 232 g/mol. The van der Waals surface area contributed by atoms with Crippen LogP contribution in [0.4, 0.5) is 0 Å². The summed E-state index contributed by atoms with van der Waals surface area (Å²) in [5.41, 5.74) is 0.516. The van der Waals surface area contributed by atoms with Crippen LogP contribution in [0.15, 0.2) is 12.2 Å². The Hall–Kier alpha value is -0.340. The average molecular weight is 262 g/mol. The van der Waals surface area contributed by atoms with Crippen LogP contribution in [0.2, 0.25) is 0 Å². The molecule has 19 heavy (non-hydrogen) atoms. The Kier molecular flexibility index (Phi) is 3.30. The summed E-state index contributed by atoms with van der Waals surface area (Å²) >= 11 is 0. The van der Waals surface area contributed by atoms with Gasteiger partial charge in [0.1, 0.15) is 0 Å². The molecule has 2 fully saturated rings. The molecule has 2 aliphatic carbocycles. The molecule has 3 rings (SSSR count). The third kappa shape index (κ3) is 3.05. The van der Waals surface area contributed by atoms with E-state index >= 15 is 0 Å². The highest BCUT2D eigenvalue weighted by Gasteiger charge is 2.39. The Morgan fingerprint density at radius 2 is 1.74 bits per heavy atom. The van der Waals surface area contributed by atoms with Gasteiger partial charge in [-0.25, -0.2) is 0 Å². The Morgan fingerprint density at radius 3 is 2.26 bits per heavy atom. The van der Waals surface area contributed by atoms with Crippen LogP contribution in [0.25, 0.3) is 0 Å². The van der Waals surface area contributed by atoms with E-state index in [1.807, 2.05) is 0 Å². The summed E-state index contributed by atoms with van der Waals surface area (Å²) in [6, 6.07) is 0.675. The van der Waals surface area contributed by atoms with Crippen molar-refractivity contribution in [2.45, 2.75) is 70.5 Å². The number of fused-ring (bicyclic) bond motifs is 2. The van der Waals surface area contributed by atoms with E-state index in [4.69, 9.17) is 0 Å². The van der Waals surface area contributed by atoms with Gasteiger partial charge >= 0.3 is 0 Å². The highest BCUT2D eigenvalue weighted by atomic mass is 15.1. The van der Waals surface area contributed by atoms with E-state index in [0.29, 0.717) is 6.04 Å². The van der Waals surface area contributed by atoms with E-state index in [0.717, 1.165) is 17.8 Å². The van der Waals surface area contributed by atoms with Crippen molar-refractivity contribution in [3.63, 3.8) is 0 Å². The monoisotopic (exact) mass is 262 g/mol. The second-order valence-electron chi connectivity index (χ2n) is 8.45. The lowest BCUT2D eigenvalue weighted by molar-refractivity contribution is 0.142. The van der Waals surface area contributed by atoms with Gasteiger partial charge in [-0.15, -0.1) is 0 Å². The molecule has 2 bridgehead atoms. The molecule has 3 unspecified atom stereocenters. The normalized spacial score (nSPS) is 39.9. The van der Waals surface area contributed by atoms with Crippen molar-refractivity contribution in [2.75, 3.05) is 6.54 Å². The topological polar surface area (TPSA) is 24.1 Å². The maximum absolute atomic E-state index is 3.89. The van der Waals surface area contributed by atoms with Crippen molar-refractivity contribution in [2.24, 2.45) is 17.8 Å². The molecule has 2 N–H and O–H groups in total. The third-order valence-corrected chi connectivity index (χ3v) is 5.28. The number of hydrogen-bond acceptors (Lipinski definition) is 2. The van der Waals surface area contributed by atoms with Crippen LogP contribution in [-0.4, -0.2) is 23.7 Å². The molecule has 0 amide bonds. The van der Waals surface area contributed by atoms with E-state index in [-0.39, 0.29) is 11.1 Å². The van der Waals surface area contributed by atoms with Crippen molar-refractivity contribution >= 4 is 0 Å². The minimum Gasteiger partial charge on any atom is -0.314 e. The van der Waals surface area contributed by atoms with E-state index in [1.165, 1.54) is 32.2 Å². The van der Waals surface area contributed by atoms with Crippen LogP contribution in [0, 0.1) is 17.8 Å². The van der Waals surface area contributed by atoms with Crippen LogP contribution >= 0.6 is 0 Å². The molecule has 108 valence electrons. The predicted molar refractivity (Wildman–Crippen MR) is 81.2 cm³/mol. The first-order valence-electron chi connectivity index (χ1n) is 8.04. The average Bonchev–Trinajstić information content (AvgIpc) is 2.83. The summed E-state index contributed by atoms with van der Waals surface area (Å²) in [4.78, 5) is 0. The number of hydrogen-bond donors (Lipinski definition) is 2. The first-order valence-corrected chi connectivity index (χ1v) is 8.04. The van der Waals surface area contributed by atoms with E-state index in [9.17, 15) is 0 Å². The Labute approximate surface area is 118 Å². The van der Waals surface area contributed by atoms with E-state index in [1.54, 1.807) is 0 Å². The van der Waals surface area contributed by atoms with Gasteiger partial charge in [-0.3, -0.25) is 0 Å². The number of nitrogens with one attached hydrogen (secondary N) is 2. The van der Waals surface area contributed by atoms with Gasteiger partial charge in [0.25, 0.3) is 0 Å². The van der Waals surface area contributed by atoms with Gasteiger partial charge in [0.2, 0.25) is 0 Å². The summed E-state index contributed by atoms with van der Waals surface area (Å²) in [6.45, 7) is 10.6. The molecule has 1 heterocycles. The zero-order valence-corrected chi connectivity index (χ0v) is 13.0. The second kappa shape index (κ2) is 4.60. The van der Waals surface area contributed by atoms with Crippen molar-refractivity contribution in [1.29, 1.82) is 0 Å². The Morgan fingerprint density at radius 1 is 1.05 bits per heavy atom. The fraction of sp³-hybridized carbons (Fsp3) is 0.882. The van der Waals surface area contributed by atoms with Crippen molar-refractivity contribution < 1.29 is 0 Å². The molecule has 0 aromatic heterocycles. The molecule has 1 saturated carbocycles. The quantitative estimate of drug-likeness (QED) is 0.764. The highest BCUT2D eigenvalue weighted by molar-refractivity contribution is 5.10. The van der Waals surface area contributed by atoms with E-state index < -0.39 is 0 Å². The van der Waals surface area contributed by atoms with Crippen LogP contribution in [-0.2, 0) is 0 Å². The molecular formula is C17H30N2. The molecule has 3 atom stereocenters. The Balaban J connectivity index is 1.54. The van der Waals surface area contributed by atoms with E-state index in [2.05, 4.69) is 50.5 Å². The van der Waals surface area contributed by atoms with Gasteiger partial charge in [0.15, 0.2) is 0 Å². The lowest BCUT2D eigenvalue weighted by atomic mass is 9.79. The molecule has 0 spiro atoms.